The summed E-state index contributed by atoms with van der Waals surface area (Å²) in [4.78, 5) is 5.22. The molecule has 1 aromatic rings. The lowest BCUT2D eigenvalue weighted by molar-refractivity contribution is 0.203. The first-order chi connectivity index (χ1) is 9.56. The number of fused-ring (bicyclic) bond motifs is 1. The summed E-state index contributed by atoms with van der Waals surface area (Å²) in [7, 11) is 0. The number of anilines is 1. The Labute approximate surface area is 130 Å². The van der Waals surface area contributed by atoms with E-state index in [0.717, 1.165) is 12.6 Å². The molecule has 3 nitrogen and oxygen atoms in total. The number of hydrogen-bond acceptors (Lipinski definition) is 3. The van der Waals surface area contributed by atoms with E-state index >= 15 is 0 Å². The highest BCUT2D eigenvalue weighted by atomic mass is 79.9. The molecular formula is C16H24BrN3. The SMILES string of the molecule is CC(N)c1ccc(N2CC3CCCN3CC2C)c(Br)c1. The molecule has 3 atom stereocenters. The van der Waals surface area contributed by atoms with E-state index in [1.54, 1.807) is 0 Å². The Morgan fingerprint density at radius 2 is 2.15 bits per heavy atom. The van der Waals surface area contributed by atoms with Gasteiger partial charge in [0.15, 0.2) is 0 Å². The van der Waals surface area contributed by atoms with Crippen LogP contribution < -0.4 is 10.6 Å². The smallest absolute Gasteiger partial charge is 0.0514 e. The lowest BCUT2D eigenvalue weighted by atomic mass is 10.0. The highest BCUT2D eigenvalue weighted by molar-refractivity contribution is 9.10. The summed E-state index contributed by atoms with van der Waals surface area (Å²) >= 11 is 3.74. The topological polar surface area (TPSA) is 32.5 Å². The Kier molecular flexibility index (Phi) is 4.07. The molecule has 1 aromatic carbocycles. The molecule has 2 saturated heterocycles. The predicted molar refractivity (Wildman–Crippen MR) is 88.1 cm³/mol. The standard InChI is InChI=1S/C16H24BrN3/c1-11-9-19-7-3-4-14(19)10-20(11)16-6-5-13(12(2)18)8-15(16)17/h5-6,8,11-12,14H,3-4,7,9-10,18H2,1-2H3. The number of piperazine rings is 1. The van der Waals surface area contributed by atoms with Crippen LogP contribution in [0.3, 0.4) is 0 Å². The fraction of sp³-hybridized carbons (Fsp3) is 0.625. The van der Waals surface area contributed by atoms with Crippen LogP contribution in [0.4, 0.5) is 5.69 Å². The minimum atomic E-state index is 0.0875. The third kappa shape index (κ3) is 2.61. The average Bonchev–Trinajstić information content (AvgIpc) is 2.84. The first-order valence-electron chi connectivity index (χ1n) is 7.62. The summed E-state index contributed by atoms with van der Waals surface area (Å²) in [6, 6.07) is 7.97. The van der Waals surface area contributed by atoms with Crippen molar-refractivity contribution in [2.45, 2.75) is 44.8 Å². The summed E-state index contributed by atoms with van der Waals surface area (Å²) in [6.07, 6.45) is 2.70. The van der Waals surface area contributed by atoms with Crippen molar-refractivity contribution in [2.75, 3.05) is 24.5 Å². The Morgan fingerprint density at radius 1 is 1.35 bits per heavy atom. The van der Waals surface area contributed by atoms with Crippen LogP contribution in [0, 0.1) is 0 Å². The van der Waals surface area contributed by atoms with Gasteiger partial charge in [0.1, 0.15) is 0 Å². The second-order valence-electron chi connectivity index (χ2n) is 6.29. The van der Waals surface area contributed by atoms with E-state index in [0.29, 0.717) is 6.04 Å². The Balaban J connectivity index is 1.84. The molecule has 0 amide bonds. The van der Waals surface area contributed by atoms with Crippen molar-refractivity contribution in [1.82, 2.24) is 4.90 Å². The van der Waals surface area contributed by atoms with Crippen LogP contribution in [-0.4, -0.2) is 36.6 Å². The Bertz CT molecular complexity index is 489. The summed E-state index contributed by atoms with van der Waals surface area (Å²) in [5.74, 6) is 0. The first-order valence-corrected chi connectivity index (χ1v) is 8.41. The molecule has 0 aliphatic carbocycles. The third-order valence-electron chi connectivity index (χ3n) is 4.74. The highest BCUT2D eigenvalue weighted by Gasteiger charge is 2.34. The number of rotatable bonds is 2. The van der Waals surface area contributed by atoms with Gasteiger partial charge in [0.25, 0.3) is 0 Å². The molecule has 2 aliphatic heterocycles. The van der Waals surface area contributed by atoms with Crippen LogP contribution in [0.1, 0.15) is 38.3 Å². The molecule has 0 bridgehead atoms. The second-order valence-corrected chi connectivity index (χ2v) is 7.15. The average molecular weight is 338 g/mol. The zero-order valence-corrected chi connectivity index (χ0v) is 13.9. The maximum Gasteiger partial charge on any atom is 0.0514 e. The summed E-state index contributed by atoms with van der Waals surface area (Å²) in [6.45, 7) is 7.99. The molecule has 0 saturated carbocycles. The van der Waals surface area contributed by atoms with E-state index in [2.05, 4.69) is 50.9 Å². The van der Waals surface area contributed by atoms with Gasteiger partial charge in [-0.3, -0.25) is 4.90 Å². The van der Waals surface area contributed by atoms with Gasteiger partial charge in [-0.05, 0) is 66.9 Å². The number of nitrogens with zero attached hydrogens (tertiary/aromatic N) is 2. The zero-order valence-electron chi connectivity index (χ0n) is 12.3. The van der Waals surface area contributed by atoms with Crippen LogP contribution in [0.2, 0.25) is 0 Å². The Hall–Kier alpha value is -0.580. The van der Waals surface area contributed by atoms with Gasteiger partial charge in [-0.2, -0.15) is 0 Å². The molecule has 2 aliphatic rings. The van der Waals surface area contributed by atoms with Gasteiger partial charge in [0, 0.05) is 35.7 Å². The summed E-state index contributed by atoms with van der Waals surface area (Å²) in [5.41, 5.74) is 8.47. The molecule has 2 N–H and O–H groups in total. The van der Waals surface area contributed by atoms with Crippen molar-refractivity contribution in [3.8, 4) is 0 Å². The van der Waals surface area contributed by atoms with Crippen molar-refractivity contribution >= 4 is 21.6 Å². The van der Waals surface area contributed by atoms with Gasteiger partial charge in [-0.15, -0.1) is 0 Å². The van der Waals surface area contributed by atoms with Crippen molar-refractivity contribution in [2.24, 2.45) is 5.73 Å². The zero-order chi connectivity index (χ0) is 14.3. The van der Waals surface area contributed by atoms with Gasteiger partial charge < -0.3 is 10.6 Å². The molecular weight excluding hydrogens is 314 g/mol. The predicted octanol–water partition coefficient (Wildman–Crippen LogP) is 3.14. The van der Waals surface area contributed by atoms with Crippen molar-refractivity contribution in [3.63, 3.8) is 0 Å². The van der Waals surface area contributed by atoms with Crippen LogP contribution in [0.25, 0.3) is 0 Å². The van der Waals surface area contributed by atoms with Gasteiger partial charge in [-0.1, -0.05) is 6.07 Å². The number of benzene rings is 1. The molecule has 0 spiro atoms. The molecule has 2 heterocycles. The monoisotopic (exact) mass is 337 g/mol. The fourth-order valence-electron chi connectivity index (χ4n) is 3.56. The molecule has 4 heteroatoms. The van der Waals surface area contributed by atoms with E-state index in [9.17, 15) is 0 Å². The van der Waals surface area contributed by atoms with Crippen molar-refractivity contribution < 1.29 is 0 Å². The van der Waals surface area contributed by atoms with E-state index in [-0.39, 0.29) is 6.04 Å². The molecule has 3 unspecified atom stereocenters. The van der Waals surface area contributed by atoms with Crippen LogP contribution >= 0.6 is 15.9 Å². The maximum atomic E-state index is 5.97. The lowest BCUT2D eigenvalue weighted by Crippen LogP contribution is -2.55. The molecule has 20 heavy (non-hydrogen) atoms. The van der Waals surface area contributed by atoms with Crippen LogP contribution in [-0.2, 0) is 0 Å². The number of hydrogen-bond donors (Lipinski definition) is 1. The largest absolute Gasteiger partial charge is 0.365 e. The maximum absolute atomic E-state index is 5.97. The molecule has 0 radical (unpaired) electrons. The van der Waals surface area contributed by atoms with Gasteiger partial charge in [0.2, 0.25) is 0 Å². The second kappa shape index (κ2) is 5.66. The Morgan fingerprint density at radius 3 is 2.85 bits per heavy atom. The van der Waals surface area contributed by atoms with E-state index in [1.807, 2.05) is 6.92 Å². The minimum absolute atomic E-state index is 0.0875. The normalized spacial score (nSPS) is 28.5. The van der Waals surface area contributed by atoms with Crippen LogP contribution in [0.5, 0.6) is 0 Å². The van der Waals surface area contributed by atoms with E-state index in [1.165, 1.54) is 41.7 Å². The summed E-state index contributed by atoms with van der Waals surface area (Å²) < 4.78 is 1.17. The quantitative estimate of drug-likeness (QED) is 0.899. The molecule has 3 rings (SSSR count). The molecule has 0 aromatic heterocycles. The van der Waals surface area contributed by atoms with Crippen molar-refractivity contribution in [3.05, 3.63) is 28.2 Å². The van der Waals surface area contributed by atoms with E-state index < -0.39 is 0 Å². The first kappa shape index (κ1) is 14.4. The van der Waals surface area contributed by atoms with Crippen LogP contribution in [0.15, 0.2) is 22.7 Å². The van der Waals surface area contributed by atoms with Gasteiger partial charge in [0.05, 0.1) is 5.69 Å². The lowest BCUT2D eigenvalue weighted by Gasteiger charge is -2.44. The number of nitrogens with two attached hydrogens (primary N) is 1. The highest BCUT2D eigenvalue weighted by Crippen LogP contribution is 2.34. The van der Waals surface area contributed by atoms with Gasteiger partial charge >= 0.3 is 0 Å². The van der Waals surface area contributed by atoms with Gasteiger partial charge in [-0.25, -0.2) is 0 Å². The number of halogens is 1. The van der Waals surface area contributed by atoms with Crippen molar-refractivity contribution in [1.29, 1.82) is 0 Å². The van der Waals surface area contributed by atoms with E-state index in [4.69, 9.17) is 5.73 Å². The summed E-state index contributed by atoms with van der Waals surface area (Å²) in [5, 5.41) is 0. The minimum Gasteiger partial charge on any atom is -0.365 e. The fourth-order valence-corrected chi connectivity index (χ4v) is 4.19. The molecule has 110 valence electrons. The third-order valence-corrected chi connectivity index (χ3v) is 5.38. The molecule has 2 fully saturated rings.